The minimum atomic E-state index is 0.729. The van der Waals surface area contributed by atoms with Crippen LogP contribution in [-0.2, 0) is 4.79 Å². The molecule has 0 aliphatic carbocycles. The lowest BCUT2D eigenvalue weighted by atomic mass is 10.3. The SMILES string of the molecule is CC(C)N1CCNCC1.CC=O. The number of nitrogens with one attached hydrogen (secondary N) is 1. The fourth-order valence-electron chi connectivity index (χ4n) is 1.20. The van der Waals surface area contributed by atoms with Gasteiger partial charge < -0.3 is 10.1 Å². The van der Waals surface area contributed by atoms with Crippen LogP contribution in [-0.4, -0.2) is 43.4 Å². The number of carbonyl (C=O) groups is 1. The van der Waals surface area contributed by atoms with Gasteiger partial charge in [0.2, 0.25) is 0 Å². The molecule has 1 N–H and O–H groups in total. The minimum Gasteiger partial charge on any atom is -0.314 e. The molecule has 0 saturated carbocycles. The maximum atomic E-state index is 8.81. The van der Waals surface area contributed by atoms with Gasteiger partial charge in [-0.25, -0.2) is 0 Å². The molecule has 72 valence electrons. The number of hydrogen-bond acceptors (Lipinski definition) is 3. The molecule has 1 saturated heterocycles. The van der Waals surface area contributed by atoms with E-state index in [1.54, 1.807) is 0 Å². The number of carbonyl (C=O) groups excluding carboxylic acids is 1. The largest absolute Gasteiger partial charge is 0.314 e. The average Bonchev–Trinajstić information content (AvgIpc) is 2.07. The van der Waals surface area contributed by atoms with E-state index in [-0.39, 0.29) is 0 Å². The number of rotatable bonds is 1. The summed E-state index contributed by atoms with van der Waals surface area (Å²) in [5.74, 6) is 0. The van der Waals surface area contributed by atoms with Gasteiger partial charge >= 0.3 is 0 Å². The van der Waals surface area contributed by atoms with Crippen LogP contribution < -0.4 is 5.32 Å². The van der Waals surface area contributed by atoms with Crippen LogP contribution in [0, 0.1) is 0 Å². The summed E-state index contributed by atoms with van der Waals surface area (Å²) < 4.78 is 0. The lowest BCUT2D eigenvalue weighted by Crippen LogP contribution is -2.46. The first-order valence-corrected chi connectivity index (χ1v) is 4.57. The van der Waals surface area contributed by atoms with Crippen LogP contribution in [0.1, 0.15) is 20.8 Å². The van der Waals surface area contributed by atoms with Gasteiger partial charge in [0, 0.05) is 32.2 Å². The van der Waals surface area contributed by atoms with Gasteiger partial charge in [-0.2, -0.15) is 0 Å². The Morgan fingerprint density at radius 2 is 1.75 bits per heavy atom. The molecule has 12 heavy (non-hydrogen) atoms. The molecule has 1 aliphatic rings. The summed E-state index contributed by atoms with van der Waals surface area (Å²) in [4.78, 5) is 11.3. The van der Waals surface area contributed by atoms with Crippen molar-refractivity contribution < 1.29 is 4.79 Å². The minimum absolute atomic E-state index is 0.729. The van der Waals surface area contributed by atoms with Crippen molar-refractivity contribution in [1.29, 1.82) is 0 Å². The topological polar surface area (TPSA) is 32.3 Å². The van der Waals surface area contributed by atoms with E-state index in [9.17, 15) is 0 Å². The summed E-state index contributed by atoms with van der Waals surface area (Å²) in [6.45, 7) is 10.7. The lowest BCUT2D eigenvalue weighted by molar-refractivity contribution is -0.106. The van der Waals surface area contributed by atoms with E-state index in [1.165, 1.54) is 20.0 Å². The van der Waals surface area contributed by atoms with Crippen molar-refractivity contribution in [2.45, 2.75) is 26.8 Å². The second-order valence-electron chi connectivity index (χ2n) is 3.12. The normalized spacial score (nSPS) is 18.3. The standard InChI is InChI=1S/C7H16N2.C2H4O/c1-7(2)9-5-3-8-4-6-9;1-2-3/h7-8H,3-6H2,1-2H3;2H,1H3. The van der Waals surface area contributed by atoms with Gasteiger partial charge in [-0.3, -0.25) is 4.90 Å². The second kappa shape index (κ2) is 7.25. The highest BCUT2D eigenvalue weighted by Crippen LogP contribution is 1.97. The van der Waals surface area contributed by atoms with Gasteiger partial charge in [0.05, 0.1) is 0 Å². The third-order valence-corrected chi connectivity index (χ3v) is 1.88. The summed E-state index contributed by atoms with van der Waals surface area (Å²) in [6.07, 6.45) is 0.750. The van der Waals surface area contributed by atoms with Gasteiger partial charge in [-0.15, -0.1) is 0 Å². The zero-order valence-corrected chi connectivity index (χ0v) is 8.34. The van der Waals surface area contributed by atoms with Crippen molar-refractivity contribution >= 4 is 6.29 Å². The molecule has 0 unspecified atom stereocenters. The first kappa shape index (κ1) is 11.6. The molecule has 0 radical (unpaired) electrons. The summed E-state index contributed by atoms with van der Waals surface area (Å²) in [6, 6.07) is 0.729. The van der Waals surface area contributed by atoms with Crippen LogP contribution >= 0.6 is 0 Å². The van der Waals surface area contributed by atoms with Crippen LogP contribution in [0.4, 0.5) is 0 Å². The molecular weight excluding hydrogens is 152 g/mol. The number of hydrogen-bond donors (Lipinski definition) is 1. The fourth-order valence-corrected chi connectivity index (χ4v) is 1.20. The first-order valence-electron chi connectivity index (χ1n) is 4.57. The van der Waals surface area contributed by atoms with Crippen molar-refractivity contribution in [3.8, 4) is 0 Å². The molecule has 0 aromatic carbocycles. The zero-order valence-electron chi connectivity index (χ0n) is 8.34. The molecule has 3 heteroatoms. The van der Waals surface area contributed by atoms with Gasteiger partial charge in [-0.05, 0) is 20.8 Å². The Labute approximate surface area is 75.1 Å². The van der Waals surface area contributed by atoms with Crippen LogP contribution in [0.2, 0.25) is 0 Å². The molecule has 1 rings (SSSR count). The molecule has 0 bridgehead atoms. The van der Waals surface area contributed by atoms with Crippen LogP contribution in [0.3, 0.4) is 0 Å². The lowest BCUT2D eigenvalue weighted by Gasteiger charge is -2.30. The Bertz CT molecular complexity index is 109. The molecule has 3 nitrogen and oxygen atoms in total. The van der Waals surface area contributed by atoms with Crippen molar-refractivity contribution in [3.63, 3.8) is 0 Å². The highest BCUT2D eigenvalue weighted by molar-refractivity contribution is 5.44. The summed E-state index contributed by atoms with van der Waals surface area (Å²) in [7, 11) is 0. The molecule has 1 heterocycles. The Balaban J connectivity index is 0.000000354. The smallest absolute Gasteiger partial charge is 0.116 e. The number of nitrogens with zero attached hydrogens (tertiary/aromatic N) is 1. The molecule has 0 spiro atoms. The summed E-state index contributed by atoms with van der Waals surface area (Å²) in [5, 5.41) is 3.33. The van der Waals surface area contributed by atoms with Gasteiger partial charge in [0.15, 0.2) is 0 Å². The van der Waals surface area contributed by atoms with Crippen molar-refractivity contribution in [1.82, 2.24) is 10.2 Å². The number of aldehydes is 1. The molecule has 1 aliphatic heterocycles. The van der Waals surface area contributed by atoms with Gasteiger partial charge in [-0.1, -0.05) is 0 Å². The fraction of sp³-hybridized carbons (Fsp3) is 0.889. The predicted octanol–water partition coefficient (Wildman–Crippen LogP) is 0.505. The second-order valence-corrected chi connectivity index (χ2v) is 3.12. The Morgan fingerprint density at radius 1 is 1.33 bits per heavy atom. The third kappa shape index (κ3) is 5.27. The molecule has 0 atom stereocenters. The monoisotopic (exact) mass is 172 g/mol. The Hall–Kier alpha value is -0.410. The van der Waals surface area contributed by atoms with E-state index in [0.29, 0.717) is 0 Å². The molecule has 0 aromatic heterocycles. The van der Waals surface area contributed by atoms with Gasteiger partial charge in [0.1, 0.15) is 6.29 Å². The highest BCUT2D eigenvalue weighted by Gasteiger charge is 2.11. The Morgan fingerprint density at radius 3 is 2.00 bits per heavy atom. The molecular formula is C9H20N2O. The van der Waals surface area contributed by atoms with Gasteiger partial charge in [0.25, 0.3) is 0 Å². The molecule has 0 aromatic rings. The van der Waals surface area contributed by atoms with E-state index >= 15 is 0 Å². The van der Waals surface area contributed by atoms with Crippen molar-refractivity contribution in [2.75, 3.05) is 26.2 Å². The quantitative estimate of drug-likeness (QED) is 0.585. The first-order chi connectivity index (χ1) is 5.72. The predicted molar refractivity (Wildman–Crippen MR) is 51.3 cm³/mol. The maximum Gasteiger partial charge on any atom is 0.116 e. The average molecular weight is 172 g/mol. The highest BCUT2D eigenvalue weighted by atomic mass is 16.1. The van der Waals surface area contributed by atoms with Crippen LogP contribution in [0.15, 0.2) is 0 Å². The summed E-state index contributed by atoms with van der Waals surface area (Å²) >= 11 is 0. The maximum absolute atomic E-state index is 8.81. The third-order valence-electron chi connectivity index (χ3n) is 1.88. The Kier molecular flexibility index (Phi) is 7.00. The summed E-state index contributed by atoms with van der Waals surface area (Å²) in [5.41, 5.74) is 0. The molecule has 0 amide bonds. The van der Waals surface area contributed by atoms with E-state index in [2.05, 4.69) is 24.1 Å². The van der Waals surface area contributed by atoms with E-state index in [0.717, 1.165) is 25.4 Å². The van der Waals surface area contributed by atoms with Crippen LogP contribution in [0.25, 0.3) is 0 Å². The zero-order chi connectivity index (χ0) is 9.40. The van der Waals surface area contributed by atoms with Crippen LogP contribution in [0.5, 0.6) is 0 Å². The van der Waals surface area contributed by atoms with E-state index in [4.69, 9.17) is 4.79 Å². The van der Waals surface area contributed by atoms with Crippen molar-refractivity contribution in [2.24, 2.45) is 0 Å². The van der Waals surface area contributed by atoms with E-state index in [1.807, 2.05) is 0 Å². The van der Waals surface area contributed by atoms with E-state index < -0.39 is 0 Å². The van der Waals surface area contributed by atoms with Crippen molar-refractivity contribution in [3.05, 3.63) is 0 Å². The number of piperazine rings is 1. The molecule has 1 fully saturated rings.